The summed E-state index contributed by atoms with van der Waals surface area (Å²) >= 11 is 0. The number of nitrogens with zero attached hydrogens (tertiary/aromatic N) is 1. The number of esters is 1. The molecule has 6 nitrogen and oxygen atoms in total. The molecule has 0 aliphatic heterocycles. The van der Waals surface area contributed by atoms with Gasteiger partial charge >= 0.3 is 12.1 Å². The van der Waals surface area contributed by atoms with E-state index in [1.54, 1.807) is 0 Å². The van der Waals surface area contributed by atoms with E-state index in [0.717, 1.165) is 6.07 Å². The number of nitrogens with two attached hydrogens (primary N) is 1. The number of halogens is 3. The Morgan fingerprint density at radius 3 is 2.28 bits per heavy atom. The number of benzene rings is 1. The van der Waals surface area contributed by atoms with E-state index >= 15 is 0 Å². The van der Waals surface area contributed by atoms with Gasteiger partial charge in [0, 0.05) is 17.8 Å². The lowest BCUT2D eigenvalue weighted by Gasteiger charge is -2.10. The molecule has 1 amide bonds. The first-order valence-electron chi connectivity index (χ1n) is 6.99. The number of pyridine rings is 1. The van der Waals surface area contributed by atoms with Gasteiger partial charge in [-0.05, 0) is 23.8 Å². The first-order valence-corrected chi connectivity index (χ1v) is 6.99. The van der Waals surface area contributed by atoms with Crippen molar-refractivity contribution in [3.63, 3.8) is 0 Å². The van der Waals surface area contributed by atoms with E-state index in [1.165, 1.54) is 24.3 Å². The Labute approximate surface area is 139 Å². The molecule has 0 unspecified atom stereocenters. The smallest absolute Gasteiger partial charge is 0.417 e. The molecule has 0 aliphatic rings. The lowest BCUT2D eigenvalue weighted by atomic mass is 10.1. The summed E-state index contributed by atoms with van der Waals surface area (Å²) < 4.78 is 43.4. The second kappa shape index (κ2) is 7.20. The molecule has 25 heavy (non-hydrogen) atoms. The number of amides is 1. The molecular weight excluding hydrogens is 341 g/mol. The fourth-order valence-electron chi connectivity index (χ4n) is 1.94. The average molecular weight is 354 g/mol. The van der Waals surface area contributed by atoms with Crippen LogP contribution in [0.2, 0.25) is 0 Å². The number of primary amides is 1. The Kier molecular flexibility index (Phi) is 5.26. The molecule has 2 rings (SSSR count). The van der Waals surface area contributed by atoms with Gasteiger partial charge in [0.25, 0.3) is 5.56 Å². The molecule has 1 aromatic carbocycles. The Bertz CT molecular complexity index is 842. The van der Waals surface area contributed by atoms with Crippen LogP contribution in [0, 0.1) is 0 Å². The largest absolute Gasteiger partial charge is 0.459 e. The molecule has 0 spiro atoms. The second-order valence-electron chi connectivity index (χ2n) is 5.10. The van der Waals surface area contributed by atoms with Crippen molar-refractivity contribution in [1.82, 2.24) is 4.57 Å². The van der Waals surface area contributed by atoms with E-state index in [1.807, 2.05) is 0 Å². The Morgan fingerprint density at radius 1 is 1.08 bits per heavy atom. The number of hydrogen-bond acceptors (Lipinski definition) is 4. The SMILES string of the molecule is NC(=O)c1ccc(COC(=O)Cn2cc(C(F)(F)F)ccc2=O)cc1. The highest BCUT2D eigenvalue weighted by molar-refractivity contribution is 5.92. The Morgan fingerprint density at radius 2 is 1.72 bits per heavy atom. The molecule has 0 saturated carbocycles. The first kappa shape index (κ1) is 18.2. The van der Waals surface area contributed by atoms with Crippen LogP contribution in [0.1, 0.15) is 21.5 Å². The molecule has 0 bridgehead atoms. The van der Waals surface area contributed by atoms with Crippen molar-refractivity contribution in [2.24, 2.45) is 5.73 Å². The van der Waals surface area contributed by atoms with E-state index in [9.17, 15) is 27.6 Å². The first-order chi connectivity index (χ1) is 11.7. The third-order valence-electron chi connectivity index (χ3n) is 3.25. The van der Waals surface area contributed by atoms with Gasteiger partial charge in [-0.25, -0.2) is 0 Å². The normalized spacial score (nSPS) is 11.2. The molecule has 2 aromatic rings. The van der Waals surface area contributed by atoms with Crippen molar-refractivity contribution in [2.45, 2.75) is 19.3 Å². The summed E-state index contributed by atoms with van der Waals surface area (Å²) in [6.45, 7) is -0.812. The summed E-state index contributed by atoms with van der Waals surface area (Å²) in [4.78, 5) is 34.2. The van der Waals surface area contributed by atoms with Gasteiger partial charge in [-0.3, -0.25) is 14.4 Å². The third-order valence-corrected chi connectivity index (χ3v) is 3.25. The van der Waals surface area contributed by atoms with Crippen molar-refractivity contribution in [3.8, 4) is 0 Å². The highest BCUT2D eigenvalue weighted by Crippen LogP contribution is 2.27. The second-order valence-corrected chi connectivity index (χ2v) is 5.10. The molecule has 0 atom stereocenters. The van der Waals surface area contributed by atoms with Crippen molar-refractivity contribution in [1.29, 1.82) is 0 Å². The van der Waals surface area contributed by atoms with Crippen LogP contribution in [0.5, 0.6) is 0 Å². The molecule has 0 aliphatic carbocycles. The Hall–Kier alpha value is -3.10. The number of hydrogen-bond donors (Lipinski definition) is 1. The van der Waals surface area contributed by atoms with Crippen molar-refractivity contribution in [2.75, 3.05) is 0 Å². The monoisotopic (exact) mass is 354 g/mol. The van der Waals surface area contributed by atoms with Gasteiger partial charge in [0.15, 0.2) is 0 Å². The molecule has 9 heteroatoms. The van der Waals surface area contributed by atoms with E-state index in [2.05, 4.69) is 0 Å². The molecule has 1 aromatic heterocycles. The van der Waals surface area contributed by atoms with E-state index in [0.29, 0.717) is 22.4 Å². The Balaban J connectivity index is 2.01. The average Bonchev–Trinajstić information content (AvgIpc) is 2.54. The van der Waals surface area contributed by atoms with Crippen LogP contribution in [-0.2, 0) is 28.9 Å². The maximum atomic E-state index is 12.6. The number of alkyl halides is 3. The van der Waals surface area contributed by atoms with Gasteiger partial charge in [0.2, 0.25) is 5.91 Å². The zero-order valence-electron chi connectivity index (χ0n) is 12.7. The predicted molar refractivity (Wildman–Crippen MR) is 80.5 cm³/mol. The summed E-state index contributed by atoms with van der Waals surface area (Å²) in [7, 11) is 0. The minimum Gasteiger partial charge on any atom is -0.459 e. The summed E-state index contributed by atoms with van der Waals surface area (Å²) in [6.07, 6.45) is -4.06. The van der Waals surface area contributed by atoms with Crippen LogP contribution in [0.25, 0.3) is 0 Å². The number of aromatic nitrogens is 1. The quantitative estimate of drug-likeness (QED) is 0.828. The van der Waals surface area contributed by atoms with Crippen molar-refractivity contribution in [3.05, 3.63) is 69.6 Å². The number of carbonyl (C=O) groups is 2. The minimum absolute atomic E-state index is 0.161. The highest BCUT2D eigenvalue weighted by Gasteiger charge is 2.31. The molecule has 0 saturated heterocycles. The van der Waals surface area contributed by atoms with E-state index in [-0.39, 0.29) is 12.2 Å². The van der Waals surface area contributed by atoms with Crippen LogP contribution < -0.4 is 11.3 Å². The number of carbonyl (C=O) groups excluding carboxylic acids is 2. The standard InChI is InChI=1S/C16H13F3N2O4/c17-16(18,19)12-5-6-13(22)21(7-12)8-14(23)25-9-10-1-3-11(4-2-10)15(20)24/h1-7H,8-9H2,(H2,20,24). The van der Waals surface area contributed by atoms with Crippen LogP contribution in [-0.4, -0.2) is 16.4 Å². The third kappa shape index (κ3) is 4.93. The summed E-state index contributed by atoms with van der Waals surface area (Å²) in [5.41, 5.74) is 4.13. The molecule has 2 N–H and O–H groups in total. The predicted octanol–water partition coefficient (Wildman–Crippen LogP) is 1.71. The van der Waals surface area contributed by atoms with Crippen LogP contribution in [0.15, 0.2) is 47.4 Å². The molecular formula is C16H13F3N2O4. The summed E-state index contributed by atoms with van der Waals surface area (Å²) in [5.74, 6) is -1.48. The maximum absolute atomic E-state index is 12.6. The fourth-order valence-corrected chi connectivity index (χ4v) is 1.94. The maximum Gasteiger partial charge on any atom is 0.417 e. The van der Waals surface area contributed by atoms with Gasteiger partial charge in [-0.2, -0.15) is 13.2 Å². The van der Waals surface area contributed by atoms with Crippen LogP contribution in [0.4, 0.5) is 13.2 Å². The van der Waals surface area contributed by atoms with E-state index in [4.69, 9.17) is 10.5 Å². The molecule has 1 heterocycles. The number of ether oxygens (including phenoxy) is 1. The van der Waals surface area contributed by atoms with Gasteiger partial charge in [-0.15, -0.1) is 0 Å². The number of rotatable bonds is 5. The molecule has 132 valence electrons. The van der Waals surface area contributed by atoms with E-state index < -0.39 is 35.7 Å². The van der Waals surface area contributed by atoms with Gasteiger partial charge in [0.05, 0.1) is 5.56 Å². The summed E-state index contributed by atoms with van der Waals surface area (Å²) in [5, 5.41) is 0. The topological polar surface area (TPSA) is 91.4 Å². The minimum atomic E-state index is -4.62. The lowest BCUT2D eigenvalue weighted by Crippen LogP contribution is -2.26. The summed E-state index contributed by atoms with van der Waals surface area (Å²) in [6, 6.07) is 7.31. The highest BCUT2D eigenvalue weighted by atomic mass is 19.4. The molecule has 0 radical (unpaired) electrons. The van der Waals surface area contributed by atoms with Gasteiger partial charge < -0.3 is 15.0 Å². The molecule has 0 fully saturated rings. The van der Waals surface area contributed by atoms with Crippen LogP contribution in [0.3, 0.4) is 0 Å². The van der Waals surface area contributed by atoms with Crippen LogP contribution >= 0.6 is 0 Å². The van der Waals surface area contributed by atoms with Crippen molar-refractivity contribution < 1.29 is 27.5 Å². The van der Waals surface area contributed by atoms with Gasteiger partial charge in [0.1, 0.15) is 13.2 Å². The van der Waals surface area contributed by atoms with Crippen molar-refractivity contribution >= 4 is 11.9 Å². The zero-order chi connectivity index (χ0) is 18.6. The lowest BCUT2D eigenvalue weighted by molar-refractivity contribution is -0.146. The zero-order valence-corrected chi connectivity index (χ0v) is 12.7. The van der Waals surface area contributed by atoms with Gasteiger partial charge in [-0.1, -0.05) is 12.1 Å². The fraction of sp³-hybridized carbons (Fsp3) is 0.188.